The van der Waals surface area contributed by atoms with Crippen molar-refractivity contribution >= 4 is 25.9 Å². The number of rotatable bonds is 7. The number of nitrogens with two attached hydrogens (primary N) is 1. The quantitative estimate of drug-likeness (QED) is 0.588. The third-order valence-corrected chi connectivity index (χ3v) is 4.88. The molecular weight excluding hydrogens is 318 g/mol. The van der Waals surface area contributed by atoms with Crippen molar-refractivity contribution in [3.05, 3.63) is 6.20 Å². The molecule has 9 nitrogen and oxygen atoms in total. The highest BCUT2D eigenvalue weighted by molar-refractivity contribution is 7.89. The SMILES string of the molecule is CCn1cc(S(=O)(=O)NCC(C)(C)NS(C)(=O)=O)c(N)n1. The molecule has 0 bridgehead atoms. The maximum Gasteiger partial charge on any atom is 0.245 e. The summed E-state index contributed by atoms with van der Waals surface area (Å²) in [5.74, 6) is -0.0989. The van der Waals surface area contributed by atoms with Gasteiger partial charge in [0, 0.05) is 24.8 Å². The molecule has 0 saturated heterocycles. The number of aromatic nitrogens is 2. The Labute approximate surface area is 125 Å². The van der Waals surface area contributed by atoms with E-state index in [0.717, 1.165) is 6.26 Å². The molecule has 11 heteroatoms. The smallest absolute Gasteiger partial charge is 0.245 e. The van der Waals surface area contributed by atoms with Crippen LogP contribution in [0, 0.1) is 0 Å². The zero-order valence-electron chi connectivity index (χ0n) is 12.4. The lowest BCUT2D eigenvalue weighted by Gasteiger charge is -2.25. The zero-order chi connectivity index (χ0) is 16.5. The van der Waals surface area contributed by atoms with Gasteiger partial charge in [0.05, 0.1) is 6.26 Å². The Bertz CT molecular complexity index is 706. The predicted molar refractivity (Wildman–Crippen MR) is 79.6 cm³/mol. The summed E-state index contributed by atoms with van der Waals surface area (Å²) in [6.45, 7) is 5.29. The number of hydrogen-bond donors (Lipinski definition) is 3. The van der Waals surface area contributed by atoms with E-state index in [-0.39, 0.29) is 17.3 Å². The van der Waals surface area contributed by atoms with Crippen molar-refractivity contribution in [2.24, 2.45) is 0 Å². The van der Waals surface area contributed by atoms with Gasteiger partial charge in [-0.3, -0.25) is 4.68 Å². The Hall–Kier alpha value is -1.17. The maximum atomic E-state index is 12.2. The molecule has 0 amide bonds. The highest BCUT2D eigenvalue weighted by Gasteiger charge is 2.27. The van der Waals surface area contributed by atoms with Gasteiger partial charge < -0.3 is 5.73 Å². The van der Waals surface area contributed by atoms with Crippen molar-refractivity contribution in [2.45, 2.75) is 37.8 Å². The molecule has 0 saturated carbocycles. The summed E-state index contributed by atoms with van der Waals surface area (Å²) < 4.78 is 52.9. The molecule has 0 atom stereocenters. The van der Waals surface area contributed by atoms with Gasteiger partial charge in [-0.1, -0.05) is 0 Å². The second-order valence-electron chi connectivity index (χ2n) is 5.32. The zero-order valence-corrected chi connectivity index (χ0v) is 14.0. The van der Waals surface area contributed by atoms with E-state index in [4.69, 9.17) is 5.73 Å². The van der Waals surface area contributed by atoms with Crippen molar-refractivity contribution in [2.75, 3.05) is 18.5 Å². The summed E-state index contributed by atoms with van der Waals surface area (Å²) in [6.07, 6.45) is 2.33. The molecule has 1 heterocycles. The van der Waals surface area contributed by atoms with Gasteiger partial charge in [-0.25, -0.2) is 26.3 Å². The first-order chi connectivity index (χ1) is 9.36. The van der Waals surface area contributed by atoms with E-state index < -0.39 is 25.6 Å². The number of aryl methyl sites for hydroxylation is 1. The summed E-state index contributed by atoms with van der Waals surface area (Å²) >= 11 is 0. The second-order valence-corrected chi connectivity index (χ2v) is 8.80. The van der Waals surface area contributed by atoms with Crippen molar-refractivity contribution in [3.8, 4) is 0 Å². The van der Waals surface area contributed by atoms with E-state index >= 15 is 0 Å². The van der Waals surface area contributed by atoms with Gasteiger partial charge in [-0.15, -0.1) is 0 Å². The first-order valence-electron chi connectivity index (χ1n) is 6.18. The van der Waals surface area contributed by atoms with E-state index in [0.29, 0.717) is 6.54 Å². The van der Waals surface area contributed by atoms with Gasteiger partial charge in [-0.05, 0) is 20.8 Å². The average molecular weight is 339 g/mol. The minimum Gasteiger partial charge on any atom is -0.381 e. The lowest BCUT2D eigenvalue weighted by atomic mass is 10.1. The minimum absolute atomic E-state index is 0.0989. The standard InChI is InChI=1S/C10H21N5O4S2/c1-5-15-6-8(9(11)13-15)21(18,19)12-7-10(2,3)14-20(4,16)17/h6,12,14H,5,7H2,1-4H3,(H2,11,13). The fourth-order valence-corrected chi connectivity index (χ4v) is 4.04. The van der Waals surface area contributed by atoms with E-state index in [1.165, 1.54) is 10.9 Å². The first kappa shape index (κ1) is 17.9. The average Bonchev–Trinajstić information content (AvgIpc) is 2.66. The van der Waals surface area contributed by atoms with Gasteiger partial charge in [0.25, 0.3) is 0 Å². The molecule has 0 aliphatic rings. The summed E-state index contributed by atoms with van der Waals surface area (Å²) in [5, 5.41) is 3.86. The Morgan fingerprint density at radius 3 is 2.33 bits per heavy atom. The lowest BCUT2D eigenvalue weighted by molar-refractivity contribution is 0.446. The van der Waals surface area contributed by atoms with Crippen molar-refractivity contribution < 1.29 is 16.8 Å². The molecule has 0 aliphatic heterocycles. The largest absolute Gasteiger partial charge is 0.381 e. The van der Waals surface area contributed by atoms with Crippen LogP contribution in [0.3, 0.4) is 0 Å². The van der Waals surface area contributed by atoms with Gasteiger partial charge in [0.15, 0.2) is 5.82 Å². The van der Waals surface area contributed by atoms with Crippen LogP contribution in [0.5, 0.6) is 0 Å². The molecule has 1 aromatic heterocycles. The molecule has 0 unspecified atom stereocenters. The van der Waals surface area contributed by atoms with Gasteiger partial charge in [-0.2, -0.15) is 5.10 Å². The number of hydrogen-bond acceptors (Lipinski definition) is 6. The topological polar surface area (TPSA) is 136 Å². The van der Waals surface area contributed by atoms with Crippen LogP contribution in [0.4, 0.5) is 5.82 Å². The monoisotopic (exact) mass is 339 g/mol. The molecule has 0 spiro atoms. The van der Waals surface area contributed by atoms with Crippen LogP contribution in [0.1, 0.15) is 20.8 Å². The van der Waals surface area contributed by atoms with Crippen LogP contribution in [-0.2, 0) is 26.6 Å². The molecular formula is C10H21N5O4S2. The van der Waals surface area contributed by atoms with Crippen LogP contribution < -0.4 is 15.2 Å². The van der Waals surface area contributed by atoms with E-state index in [1.54, 1.807) is 20.8 Å². The summed E-state index contributed by atoms with van der Waals surface area (Å²) in [7, 11) is -7.31. The molecule has 122 valence electrons. The maximum absolute atomic E-state index is 12.2. The number of nitrogens with zero attached hydrogens (tertiary/aromatic N) is 2. The Kier molecular flexibility index (Phi) is 5.03. The fourth-order valence-electron chi connectivity index (χ4n) is 1.68. The molecule has 0 radical (unpaired) electrons. The number of anilines is 1. The number of nitrogens with one attached hydrogen (secondary N) is 2. The highest BCUT2D eigenvalue weighted by Crippen LogP contribution is 2.16. The van der Waals surface area contributed by atoms with Crippen molar-refractivity contribution in [1.82, 2.24) is 19.2 Å². The number of nitrogen functional groups attached to an aromatic ring is 1. The summed E-state index contributed by atoms with van der Waals surface area (Å²) in [6, 6.07) is 0. The summed E-state index contributed by atoms with van der Waals surface area (Å²) in [5.41, 5.74) is 4.61. The van der Waals surface area contributed by atoms with E-state index in [1.807, 2.05) is 0 Å². The van der Waals surface area contributed by atoms with Gasteiger partial charge in [0.2, 0.25) is 20.0 Å². The number of sulfonamides is 2. The molecule has 0 aromatic carbocycles. The van der Waals surface area contributed by atoms with Crippen LogP contribution in [0.25, 0.3) is 0 Å². The van der Waals surface area contributed by atoms with E-state index in [9.17, 15) is 16.8 Å². The normalized spacial score (nSPS) is 13.5. The van der Waals surface area contributed by atoms with E-state index in [2.05, 4.69) is 14.5 Å². The predicted octanol–water partition coefficient (Wildman–Crippen LogP) is -0.909. The lowest BCUT2D eigenvalue weighted by Crippen LogP contribution is -2.50. The Morgan fingerprint density at radius 1 is 1.33 bits per heavy atom. The second kappa shape index (κ2) is 5.91. The molecule has 0 aliphatic carbocycles. The van der Waals surface area contributed by atoms with Crippen molar-refractivity contribution in [3.63, 3.8) is 0 Å². The van der Waals surface area contributed by atoms with Crippen molar-refractivity contribution in [1.29, 1.82) is 0 Å². The summed E-state index contributed by atoms with van der Waals surface area (Å²) in [4.78, 5) is -0.125. The van der Waals surface area contributed by atoms with Crippen LogP contribution in [0.2, 0.25) is 0 Å². The molecule has 0 fully saturated rings. The molecule has 1 aromatic rings. The van der Waals surface area contributed by atoms with Gasteiger partial charge >= 0.3 is 0 Å². The first-order valence-corrected chi connectivity index (χ1v) is 9.55. The van der Waals surface area contributed by atoms with Gasteiger partial charge in [0.1, 0.15) is 4.90 Å². The fraction of sp³-hybridized carbons (Fsp3) is 0.700. The molecule has 1 rings (SSSR count). The Morgan fingerprint density at radius 2 is 1.90 bits per heavy atom. The highest BCUT2D eigenvalue weighted by atomic mass is 32.2. The molecule has 21 heavy (non-hydrogen) atoms. The van der Waals surface area contributed by atoms with Crippen LogP contribution in [0.15, 0.2) is 11.1 Å². The van der Waals surface area contributed by atoms with Crippen LogP contribution >= 0.6 is 0 Å². The minimum atomic E-state index is -3.86. The van der Waals surface area contributed by atoms with Crippen LogP contribution in [-0.4, -0.2) is 45.0 Å². The third-order valence-electron chi connectivity index (χ3n) is 2.53. The Balaban J connectivity index is 2.88. The molecule has 4 N–H and O–H groups in total. The third kappa shape index (κ3) is 5.26.